The molecule has 0 fully saturated rings. The number of carbonyl (C=O) groups is 1. The van der Waals surface area contributed by atoms with Gasteiger partial charge in [-0.2, -0.15) is 4.98 Å². The minimum absolute atomic E-state index is 0.118. The van der Waals surface area contributed by atoms with Gasteiger partial charge in [0.2, 0.25) is 11.8 Å². The molecule has 0 bridgehead atoms. The predicted octanol–water partition coefficient (Wildman–Crippen LogP) is 2.59. The third kappa shape index (κ3) is 2.97. The van der Waals surface area contributed by atoms with E-state index in [4.69, 9.17) is 19.3 Å². The number of aromatic nitrogens is 1. The predicted molar refractivity (Wildman–Crippen MR) is 70.8 cm³/mol. The van der Waals surface area contributed by atoms with Gasteiger partial charge in [0.1, 0.15) is 0 Å². The summed E-state index contributed by atoms with van der Waals surface area (Å²) < 4.78 is 15.7. The van der Waals surface area contributed by atoms with E-state index in [2.05, 4.69) is 4.98 Å². The van der Waals surface area contributed by atoms with Crippen LogP contribution in [0.1, 0.15) is 10.4 Å². The van der Waals surface area contributed by atoms with Gasteiger partial charge in [-0.05, 0) is 18.2 Å². The number of methoxy groups -OCH3 is 2. The summed E-state index contributed by atoms with van der Waals surface area (Å²) in [6.45, 7) is 0. The summed E-state index contributed by atoms with van der Waals surface area (Å²) in [5, 5.41) is 8.93. The van der Waals surface area contributed by atoms with Crippen molar-refractivity contribution in [3.05, 3.63) is 42.0 Å². The number of ether oxygens (including phenoxy) is 3. The largest absolute Gasteiger partial charge is 0.493 e. The number of rotatable bonds is 5. The van der Waals surface area contributed by atoms with Gasteiger partial charge < -0.3 is 19.3 Å². The van der Waals surface area contributed by atoms with Crippen molar-refractivity contribution >= 4 is 5.97 Å². The maximum absolute atomic E-state index is 10.9. The van der Waals surface area contributed by atoms with Crippen LogP contribution in [0.4, 0.5) is 0 Å². The van der Waals surface area contributed by atoms with Gasteiger partial charge in [-0.15, -0.1) is 0 Å². The molecule has 0 spiro atoms. The molecule has 0 saturated carbocycles. The highest BCUT2D eigenvalue weighted by atomic mass is 16.5. The van der Waals surface area contributed by atoms with Crippen LogP contribution in [0, 0.1) is 0 Å². The quantitative estimate of drug-likeness (QED) is 0.903. The Hall–Kier alpha value is -2.76. The number of aromatic carboxylic acids is 1. The highest BCUT2D eigenvalue weighted by Crippen LogP contribution is 2.32. The number of nitrogens with zero attached hydrogens (tertiary/aromatic N) is 1. The van der Waals surface area contributed by atoms with E-state index in [1.54, 1.807) is 18.2 Å². The summed E-state index contributed by atoms with van der Waals surface area (Å²) in [6.07, 6.45) is 0. The van der Waals surface area contributed by atoms with Crippen LogP contribution < -0.4 is 14.2 Å². The van der Waals surface area contributed by atoms with Crippen LogP contribution in [-0.4, -0.2) is 30.3 Å². The molecule has 0 amide bonds. The number of carboxylic acids is 1. The zero-order chi connectivity index (χ0) is 14.5. The molecule has 20 heavy (non-hydrogen) atoms. The molecule has 0 saturated heterocycles. The maximum atomic E-state index is 10.9. The van der Waals surface area contributed by atoms with E-state index >= 15 is 0 Å². The minimum Gasteiger partial charge on any atom is -0.493 e. The van der Waals surface area contributed by atoms with E-state index in [0.717, 1.165) is 0 Å². The number of pyridine rings is 1. The van der Waals surface area contributed by atoms with Crippen molar-refractivity contribution in [1.29, 1.82) is 0 Å². The molecular weight excluding hydrogens is 262 g/mol. The third-order valence-electron chi connectivity index (χ3n) is 2.53. The van der Waals surface area contributed by atoms with E-state index in [1.807, 2.05) is 0 Å². The molecule has 0 aliphatic heterocycles. The van der Waals surface area contributed by atoms with Gasteiger partial charge in [0.15, 0.2) is 11.5 Å². The first-order valence-corrected chi connectivity index (χ1v) is 5.74. The fraction of sp³-hybridized carbons (Fsp3) is 0.143. The lowest BCUT2D eigenvalue weighted by Crippen LogP contribution is -1.99. The van der Waals surface area contributed by atoms with Crippen LogP contribution in [-0.2, 0) is 0 Å². The summed E-state index contributed by atoms with van der Waals surface area (Å²) in [5.41, 5.74) is 0.118. The number of hydrogen-bond acceptors (Lipinski definition) is 5. The van der Waals surface area contributed by atoms with Crippen molar-refractivity contribution in [2.45, 2.75) is 0 Å². The first-order valence-electron chi connectivity index (χ1n) is 5.74. The van der Waals surface area contributed by atoms with Crippen molar-refractivity contribution in [3.63, 3.8) is 0 Å². The standard InChI is InChI=1S/C14H13NO5/c1-18-11-8-9(14(16)17)6-7-10(11)20-13-5-3-4-12(15-13)19-2/h3-8H,1-2H3,(H,16,17). The average molecular weight is 275 g/mol. The van der Waals surface area contributed by atoms with Gasteiger partial charge >= 0.3 is 5.97 Å². The van der Waals surface area contributed by atoms with Gasteiger partial charge in [0.25, 0.3) is 0 Å². The first kappa shape index (κ1) is 13.7. The second-order valence-corrected chi connectivity index (χ2v) is 3.79. The molecule has 104 valence electrons. The van der Waals surface area contributed by atoms with Crippen LogP contribution in [0.25, 0.3) is 0 Å². The normalized spacial score (nSPS) is 9.90. The maximum Gasteiger partial charge on any atom is 0.335 e. The van der Waals surface area contributed by atoms with E-state index in [0.29, 0.717) is 23.3 Å². The molecule has 1 N–H and O–H groups in total. The summed E-state index contributed by atoms with van der Waals surface area (Å²) in [4.78, 5) is 15.0. The van der Waals surface area contributed by atoms with Crippen molar-refractivity contribution in [1.82, 2.24) is 4.98 Å². The lowest BCUT2D eigenvalue weighted by molar-refractivity contribution is 0.0696. The van der Waals surface area contributed by atoms with Crippen molar-refractivity contribution < 1.29 is 24.1 Å². The first-order chi connectivity index (χ1) is 9.63. The molecule has 0 atom stereocenters. The topological polar surface area (TPSA) is 77.9 Å². The van der Waals surface area contributed by atoms with Crippen LogP contribution in [0.5, 0.6) is 23.3 Å². The van der Waals surface area contributed by atoms with Crippen molar-refractivity contribution in [2.24, 2.45) is 0 Å². The number of hydrogen-bond donors (Lipinski definition) is 1. The molecule has 1 heterocycles. The van der Waals surface area contributed by atoms with E-state index in [-0.39, 0.29) is 5.56 Å². The SMILES string of the molecule is COc1cccc(Oc2ccc(C(=O)O)cc2OC)n1. The molecule has 0 aliphatic rings. The fourth-order valence-corrected chi connectivity index (χ4v) is 1.56. The van der Waals surface area contributed by atoms with Crippen LogP contribution in [0.3, 0.4) is 0 Å². The van der Waals surface area contributed by atoms with Crippen molar-refractivity contribution in [2.75, 3.05) is 14.2 Å². The highest BCUT2D eigenvalue weighted by molar-refractivity contribution is 5.88. The second-order valence-electron chi connectivity index (χ2n) is 3.79. The Kier molecular flexibility index (Phi) is 4.05. The molecule has 6 heteroatoms. The number of benzene rings is 1. The lowest BCUT2D eigenvalue weighted by atomic mass is 10.2. The third-order valence-corrected chi connectivity index (χ3v) is 2.53. The smallest absolute Gasteiger partial charge is 0.335 e. The summed E-state index contributed by atoms with van der Waals surface area (Å²) in [6, 6.07) is 9.42. The minimum atomic E-state index is -1.03. The molecule has 2 aromatic rings. The lowest BCUT2D eigenvalue weighted by Gasteiger charge is -2.10. The van der Waals surface area contributed by atoms with Gasteiger partial charge in [-0.25, -0.2) is 4.79 Å². The summed E-state index contributed by atoms with van der Waals surface area (Å²) in [7, 11) is 2.95. The van der Waals surface area contributed by atoms with Crippen LogP contribution in [0.15, 0.2) is 36.4 Å². The summed E-state index contributed by atoms with van der Waals surface area (Å²) >= 11 is 0. The highest BCUT2D eigenvalue weighted by Gasteiger charge is 2.11. The van der Waals surface area contributed by atoms with Crippen LogP contribution in [0.2, 0.25) is 0 Å². The van der Waals surface area contributed by atoms with E-state index in [1.165, 1.54) is 32.4 Å². The molecule has 6 nitrogen and oxygen atoms in total. The molecule has 0 unspecified atom stereocenters. The van der Waals surface area contributed by atoms with Crippen molar-refractivity contribution in [3.8, 4) is 23.3 Å². The Labute approximate surface area is 115 Å². The number of carboxylic acid groups (broad SMARTS) is 1. The molecule has 2 rings (SSSR count). The fourth-order valence-electron chi connectivity index (χ4n) is 1.56. The molecular formula is C14H13NO5. The monoisotopic (exact) mass is 275 g/mol. The van der Waals surface area contributed by atoms with Gasteiger partial charge in [-0.1, -0.05) is 6.07 Å². The summed E-state index contributed by atoms with van der Waals surface area (Å²) in [5.74, 6) is 0.400. The van der Waals surface area contributed by atoms with Gasteiger partial charge in [-0.3, -0.25) is 0 Å². The average Bonchev–Trinajstić information content (AvgIpc) is 2.47. The van der Waals surface area contributed by atoms with Crippen LogP contribution >= 0.6 is 0 Å². The molecule has 0 aliphatic carbocycles. The zero-order valence-corrected chi connectivity index (χ0v) is 11.0. The molecule has 1 aromatic heterocycles. The zero-order valence-electron chi connectivity index (χ0n) is 11.0. The molecule has 0 radical (unpaired) electrons. The van der Waals surface area contributed by atoms with Gasteiger partial charge in [0, 0.05) is 12.1 Å². The Morgan fingerprint density at radius 3 is 2.45 bits per heavy atom. The Bertz CT molecular complexity index is 627. The Morgan fingerprint density at radius 1 is 1.05 bits per heavy atom. The van der Waals surface area contributed by atoms with E-state index < -0.39 is 5.97 Å². The second kappa shape index (κ2) is 5.92. The van der Waals surface area contributed by atoms with E-state index in [9.17, 15) is 4.79 Å². The Balaban J connectivity index is 2.30. The van der Waals surface area contributed by atoms with Gasteiger partial charge in [0.05, 0.1) is 19.8 Å². The Morgan fingerprint density at radius 2 is 1.80 bits per heavy atom. The molecule has 1 aromatic carbocycles.